The number of hydrogen-bond donors (Lipinski definition) is 4. The van der Waals surface area contributed by atoms with Gasteiger partial charge in [0.1, 0.15) is 23.4 Å². The second kappa shape index (κ2) is 7.69. The lowest BCUT2D eigenvalue weighted by atomic mass is 10.1. The second-order valence-corrected chi connectivity index (χ2v) is 8.11. The van der Waals surface area contributed by atoms with Gasteiger partial charge in [-0.05, 0) is 26.8 Å². The third kappa shape index (κ3) is 5.55. The van der Waals surface area contributed by atoms with Gasteiger partial charge in [0.25, 0.3) is 6.23 Å². The lowest BCUT2D eigenvalue weighted by molar-refractivity contribution is -0.765. The van der Waals surface area contributed by atoms with E-state index in [-0.39, 0.29) is 5.56 Å². The first-order valence-corrected chi connectivity index (χ1v) is 9.36. The minimum Gasteiger partial charge on any atom is -0.456 e. The molecule has 0 bridgehead atoms. The number of aliphatic hydroxyl groups is 2. The van der Waals surface area contributed by atoms with Gasteiger partial charge in [-0.3, -0.25) is 4.52 Å². The smallest absolute Gasteiger partial charge is 0.456 e. The standard InChI is InChI=1S/C15H22NO9P/c1-15(2,3)25-14(19)9-5-4-6-16(7-9)13-12(18)11(17)10(24-13)8-23-26(20,21)22/h4-7,10-13,17-18H,8H2,1-3H3,(H-,20,21,22)/p+1/t10-,11+,12+,13+/m0/s1. The highest BCUT2D eigenvalue weighted by Gasteiger charge is 2.49. The summed E-state index contributed by atoms with van der Waals surface area (Å²) >= 11 is 0. The molecule has 146 valence electrons. The van der Waals surface area contributed by atoms with Gasteiger partial charge in [0.15, 0.2) is 18.5 Å². The van der Waals surface area contributed by atoms with Crippen LogP contribution in [-0.2, 0) is 18.6 Å². The fourth-order valence-corrected chi connectivity index (χ4v) is 2.73. The van der Waals surface area contributed by atoms with Crippen molar-refractivity contribution in [2.24, 2.45) is 0 Å². The molecule has 0 saturated carbocycles. The monoisotopic (exact) mass is 392 g/mol. The fraction of sp³-hybridized carbons (Fsp3) is 0.600. The van der Waals surface area contributed by atoms with E-state index in [1.165, 1.54) is 23.0 Å². The van der Waals surface area contributed by atoms with Crippen molar-refractivity contribution < 1.29 is 47.9 Å². The first kappa shape index (κ1) is 20.9. The molecule has 0 radical (unpaired) electrons. The van der Waals surface area contributed by atoms with Crippen molar-refractivity contribution in [3.05, 3.63) is 30.1 Å². The summed E-state index contributed by atoms with van der Waals surface area (Å²) in [7, 11) is -4.74. The lowest BCUT2D eigenvalue weighted by Gasteiger charge is -2.19. The number of rotatable bonds is 5. The molecule has 10 nitrogen and oxygen atoms in total. The van der Waals surface area contributed by atoms with Gasteiger partial charge in [-0.1, -0.05) is 0 Å². The Morgan fingerprint density at radius 3 is 2.54 bits per heavy atom. The molecule has 1 aromatic rings. The van der Waals surface area contributed by atoms with Gasteiger partial charge in [0.2, 0.25) is 0 Å². The molecule has 0 aromatic carbocycles. The number of hydrogen-bond acceptors (Lipinski definition) is 7. The largest absolute Gasteiger partial charge is 0.469 e. The van der Waals surface area contributed by atoms with Crippen LogP contribution in [0.1, 0.15) is 37.4 Å². The van der Waals surface area contributed by atoms with Crippen LogP contribution in [0.2, 0.25) is 0 Å². The van der Waals surface area contributed by atoms with Crippen LogP contribution in [-0.4, -0.2) is 56.5 Å². The first-order valence-electron chi connectivity index (χ1n) is 7.83. The van der Waals surface area contributed by atoms with Crippen molar-refractivity contribution in [2.75, 3.05) is 6.61 Å². The third-order valence-electron chi connectivity index (χ3n) is 3.49. The molecule has 0 amide bonds. The molecule has 4 N–H and O–H groups in total. The summed E-state index contributed by atoms with van der Waals surface area (Å²) in [6, 6.07) is 3.07. The molecule has 0 spiro atoms. The van der Waals surface area contributed by atoms with Gasteiger partial charge in [0, 0.05) is 6.07 Å². The molecule has 11 heteroatoms. The van der Waals surface area contributed by atoms with E-state index in [1.807, 2.05) is 0 Å². The third-order valence-corrected chi connectivity index (χ3v) is 3.98. The molecule has 1 aliphatic heterocycles. The Hall–Kier alpha value is -1.39. The van der Waals surface area contributed by atoms with Gasteiger partial charge in [-0.25, -0.2) is 9.36 Å². The predicted molar refractivity (Wildman–Crippen MR) is 85.7 cm³/mol. The number of ether oxygens (including phenoxy) is 2. The number of carbonyl (C=O) groups excluding carboxylic acids is 1. The van der Waals surface area contributed by atoms with Gasteiger partial charge in [0.05, 0.1) is 6.61 Å². The molecular weight excluding hydrogens is 369 g/mol. The van der Waals surface area contributed by atoms with Crippen LogP contribution in [0.3, 0.4) is 0 Å². The number of phosphoric ester groups is 1. The van der Waals surface area contributed by atoms with Gasteiger partial charge in [-0.2, -0.15) is 4.57 Å². The van der Waals surface area contributed by atoms with Gasteiger partial charge >= 0.3 is 13.8 Å². The van der Waals surface area contributed by atoms with Crippen molar-refractivity contribution in [3.63, 3.8) is 0 Å². The maximum Gasteiger partial charge on any atom is 0.469 e. The topological polar surface area (TPSA) is 147 Å². The number of aromatic nitrogens is 1. The summed E-state index contributed by atoms with van der Waals surface area (Å²) in [6.45, 7) is 4.58. The molecular formula is C15H23NO9P+. The molecule has 4 atom stereocenters. The number of esters is 1. The Morgan fingerprint density at radius 1 is 1.31 bits per heavy atom. The number of aliphatic hydroxyl groups excluding tert-OH is 2. The fourth-order valence-electron chi connectivity index (χ4n) is 2.39. The summed E-state index contributed by atoms with van der Waals surface area (Å²) in [5.74, 6) is -0.568. The van der Waals surface area contributed by atoms with Gasteiger partial charge in [-0.15, -0.1) is 0 Å². The van der Waals surface area contributed by atoms with Crippen LogP contribution in [0.25, 0.3) is 0 Å². The highest BCUT2D eigenvalue weighted by molar-refractivity contribution is 7.46. The van der Waals surface area contributed by atoms with Crippen LogP contribution < -0.4 is 4.57 Å². The predicted octanol–water partition coefficient (Wildman–Crippen LogP) is -0.342. The molecule has 1 fully saturated rings. The van der Waals surface area contributed by atoms with E-state index in [4.69, 9.17) is 19.3 Å². The normalized spacial score (nSPS) is 26.7. The van der Waals surface area contributed by atoms with E-state index >= 15 is 0 Å². The zero-order valence-electron chi connectivity index (χ0n) is 14.6. The number of phosphoric acid groups is 1. The quantitative estimate of drug-likeness (QED) is 0.300. The highest BCUT2D eigenvalue weighted by atomic mass is 31.2. The average Bonchev–Trinajstić information content (AvgIpc) is 2.79. The summed E-state index contributed by atoms with van der Waals surface area (Å²) in [5, 5.41) is 20.2. The van der Waals surface area contributed by atoms with E-state index < -0.39 is 50.5 Å². The minimum absolute atomic E-state index is 0.211. The Labute approximate surface area is 150 Å². The maximum absolute atomic E-state index is 12.2. The Balaban J connectivity index is 2.14. The lowest BCUT2D eigenvalue weighted by Crippen LogP contribution is -2.46. The average molecular weight is 392 g/mol. The summed E-state index contributed by atoms with van der Waals surface area (Å²) < 4.78 is 27.2. The van der Waals surface area contributed by atoms with Crippen LogP contribution in [0, 0.1) is 0 Å². The van der Waals surface area contributed by atoms with Crippen LogP contribution in [0.15, 0.2) is 24.5 Å². The van der Waals surface area contributed by atoms with Gasteiger partial charge < -0.3 is 29.5 Å². The van der Waals surface area contributed by atoms with E-state index in [2.05, 4.69) is 4.52 Å². The molecule has 1 aromatic heterocycles. The zero-order valence-corrected chi connectivity index (χ0v) is 15.4. The molecule has 0 aliphatic carbocycles. The van der Waals surface area contributed by atoms with Crippen molar-refractivity contribution in [2.45, 2.75) is 50.9 Å². The van der Waals surface area contributed by atoms with Crippen molar-refractivity contribution in [3.8, 4) is 0 Å². The molecule has 1 aliphatic rings. The molecule has 0 unspecified atom stereocenters. The van der Waals surface area contributed by atoms with E-state index in [0.717, 1.165) is 0 Å². The first-order chi connectivity index (χ1) is 11.9. The summed E-state index contributed by atoms with van der Waals surface area (Å²) in [5.41, 5.74) is -0.468. The Bertz CT molecular complexity index is 699. The molecule has 2 heterocycles. The van der Waals surface area contributed by atoms with Crippen LogP contribution >= 0.6 is 7.82 Å². The molecule has 2 rings (SSSR count). The summed E-state index contributed by atoms with van der Waals surface area (Å²) in [4.78, 5) is 29.6. The number of pyridine rings is 1. The maximum atomic E-state index is 12.2. The van der Waals surface area contributed by atoms with Crippen molar-refractivity contribution in [1.29, 1.82) is 0 Å². The minimum atomic E-state index is -4.74. The zero-order chi connectivity index (χ0) is 19.7. The number of nitrogens with zero attached hydrogens (tertiary/aromatic N) is 1. The van der Waals surface area contributed by atoms with Crippen molar-refractivity contribution in [1.82, 2.24) is 0 Å². The molecule has 26 heavy (non-hydrogen) atoms. The summed E-state index contributed by atoms with van der Waals surface area (Å²) in [6.07, 6.45) is -2.14. The highest BCUT2D eigenvalue weighted by Crippen LogP contribution is 2.37. The van der Waals surface area contributed by atoms with Crippen LogP contribution in [0.4, 0.5) is 0 Å². The Morgan fingerprint density at radius 2 is 1.96 bits per heavy atom. The number of carbonyl (C=O) groups is 1. The Kier molecular flexibility index (Phi) is 6.19. The molecule has 1 saturated heterocycles. The van der Waals surface area contributed by atoms with E-state index in [0.29, 0.717) is 0 Å². The SMILES string of the molecule is CC(C)(C)OC(=O)c1ccc[n+]([C@@H]2O[C@@H](COP(=O)(O)O)[C@@H](O)[C@H]2O)c1. The van der Waals surface area contributed by atoms with Crippen LogP contribution in [0.5, 0.6) is 0 Å². The van der Waals surface area contributed by atoms with E-state index in [9.17, 15) is 19.6 Å². The second-order valence-electron chi connectivity index (χ2n) is 6.87. The van der Waals surface area contributed by atoms with E-state index in [1.54, 1.807) is 26.8 Å². The van der Waals surface area contributed by atoms with Crippen molar-refractivity contribution >= 4 is 13.8 Å².